The van der Waals surface area contributed by atoms with E-state index in [9.17, 15) is 4.79 Å². The molecule has 1 heterocycles. The van der Waals surface area contributed by atoms with Crippen molar-refractivity contribution in [3.8, 4) is 5.75 Å². The number of carbonyl (C=O) groups is 1. The topological polar surface area (TPSA) is 77.2 Å². The average molecular weight is 313 g/mol. The third-order valence-electron chi connectivity index (χ3n) is 3.79. The largest absolute Gasteiger partial charge is 0.489 e. The van der Waals surface area contributed by atoms with Crippen molar-refractivity contribution in [3.05, 3.63) is 54.4 Å². The van der Waals surface area contributed by atoms with E-state index in [1.54, 1.807) is 18.5 Å². The zero-order valence-electron chi connectivity index (χ0n) is 13.5. The second-order valence-electron chi connectivity index (χ2n) is 5.58. The molecular formula is C18H23N3O2. The molecule has 2 unspecified atom stereocenters. The molecule has 0 radical (unpaired) electrons. The molecule has 0 saturated heterocycles. The van der Waals surface area contributed by atoms with Gasteiger partial charge in [0.2, 0.25) is 5.91 Å². The molecule has 0 spiro atoms. The molecule has 23 heavy (non-hydrogen) atoms. The van der Waals surface area contributed by atoms with E-state index >= 15 is 0 Å². The van der Waals surface area contributed by atoms with Gasteiger partial charge in [0.25, 0.3) is 0 Å². The number of benzene rings is 1. The van der Waals surface area contributed by atoms with Gasteiger partial charge in [-0.1, -0.05) is 32.4 Å². The van der Waals surface area contributed by atoms with Crippen molar-refractivity contribution >= 4 is 11.6 Å². The summed E-state index contributed by atoms with van der Waals surface area (Å²) >= 11 is 0. The number of aromatic nitrogens is 1. The molecule has 0 aliphatic rings. The van der Waals surface area contributed by atoms with Crippen LogP contribution in [0.5, 0.6) is 5.75 Å². The fourth-order valence-electron chi connectivity index (χ4n) is 2.05. The van der Waals surface area contributed by atoms with Crippen LogP contribution in [0.25, 0.3) is 0 Å². The van der Waals surface area contributed by atoms with Crippen molar-refractivity contribution in [2.75, 3.05) is 5.32 Å². The summed E-state index contributed by atoms with van der Waals surface area (Å²) in [6.07, 6.45) is 4.35. The van der Waals surface area contributed by atoms with E-state index in [0.717, 1.165) is 12.0 Å². The minimum atomic E-state index is -0.514. The van der Waals surface area contributed by atoms with Crippen LogP contribution in [0, 0.1) is 5.92 Å². The molecule has 3 N–H and O–H groups in total. The van der Waals surface area contributed by atoms with E-state index in [0.29, 0.717) is 18.0 Å². The minimum Gasteiger partial charge on any atom is -0.489 e. The summed E-state index contributed by atoms with van der Waals surface area (Å²) < 4.78 is 5.72. The summed E-state index contributed by atoms with van der Waals surface area (Å²) in [4.78, 5) is 16.2. The zero-order valence-corrected chi connectivity index (χ0v) is 13.5. The highest BCUT2D eigenvalue weighted by atomic mass is 16.5. The number of pyridine rings is 1. The number of nitrogens with one attached hydrogen (secondary N) is 1. The van der Waals surface area contributed by atoms with Crippen LogP contribution in [-0.2, 0) is 11.4 Å². The summed E-state index contributed by atoms with van der Waals surface area (Å²) in [6, 6.07) is 10.6. The Morgan fingerprint density at radius 1 is 1.35 bits per heavy atom. The Balaban J connectivity index is 1.95. The SMILES string of the molecule is CCC(C)C(N)C(=O)Nc1cccc(OCc2cccnc2)c1. The Morgan fingerprint density at radius 2 is 2.17 bits per heavy atom. The molecule has 2 aromatic rings. The van der Waals surface area contributed by atoms with Gasteiger partial charge in [-0.05, 0) is 24.1 Å². The standard InChI is InChI=1S/C18H23N3O2/c1-3-13(2)17(19)18(22)21-15-7-4-8-16(10-15)23-12-14-6-5-9-20-11-14/h4-11,13,17H,3,12,19H2,1-2H3,(H,21,22). The Morgan fingerprint density at radius 3 is 2.87 bits per heavy atom. The van der Waals surface area contributed by atoms with Crippen LogP contribution in [-0.4, -0.2) is 16.9 Å². The second-order valence-corrected chi connectivity index (χ2v) is 5.58. The summed E-state index contributed by atoms with van der Waals surface area (Å²) in [5, 5.41) is 2.84. The molecule has 0 aliphatic heterocycles. The van der Waals surface area contributed by atoms with Crippen molar-refractivity contribution < 1.29 is 9.53 Å². The number of rotatable bonds is 7. The van der Waals surface area contributed by atoms with E-state index in [-0.39, 0.29) is 11.8 Å². The van der Waals surface area contributed by atoms with Crippen LogP contribution < -0.4 is 15.8 Å². The lowest BCUT2D eigenvalue weighted by Crippen LogP contribution is -2.40. The lowest BCUT2D eigenvalue weighted by Gasteiger charge is -2.18. The average Bonchev–Trinajstić information content (AvgIpc) is 2.59. The third kappa shape index (κ3) is 5.07. The normalized spacial score (nSPS) is 13.2. The maximum absolute atomic E-state index is 12.1. The van der Waals surface area contributed by atoms with Gasteiger partial charge in [0, 0.05) is 29.7 Å². The summed E-state index contributed by atoms with van der Waals surface area (Å²) in [7, 11) is 0. The van der Waals surface area contributed by atoms with E-state index in [2.05, 4.69) is 10.3 Å². The summed E-state index contributed by atoms with van der Waals surface area (Å²) in [6.45, 7) is 4.42. The second kappa shape index (κ2) is 8.29. The maximum Gasteiger partial charge on any atom is 0.241 e. The van der Waals surface area contributed by atoms with Crippen LogP contribution in [0.15, 0.2) is 48.8 Å². The van der Waals surface area contributed by atoms with Gasteiger partial charge in [0.05, 0.1) is 6.04 Å². The fourth-order valence-corrected chi connectivity index (χ4v) is 2.05. The number of anilines is 1. The Labute approximate surface area is 136 Å². The molecule has 0 fully saturated rings. The molecule has 2 rings (SSSR count). The number of nitrogens with zero attached hydrogens (tertiary/aromatic N) is 1. The summed E-state index contributed by atoms with van der Waals surface area (Å²) in [5.74, 6) is 0.646. The van der Waals surface area contributed by atoms with Gasteiger partial charge in [0.1, 0.15) is 12.4 Å². The number of nitrogens with two attached hydrogens (primary N) is 1. The van der Waals surface area contributed by atoms with Crippen molar-refractivity contribution in [1.82, 2.24) is 4.98 Å². The highest BCUT2D eigenvalue weighted by Crippen LogP contribution is 2.19. The minimum absolute atomic E-state index is 0.139. The predicted molar refractivity (Wildman–Crippen MR) is 91.1 cm³/mol. The number of ether oxygens (including phenoxy) is 1. The van der Waals surface area contributed by atoms with Crippen molar-refractivity contribution in [2.24, 2.45) is 11.7 Å². The van der Waals surface area contributed by atoms with Crippen molar-refractivity contribution in [2.45, 2.75) is 32.9 Å². The van der Waals surface area contributed by atoms with Crippen LogP contribution in [0.1, 0.15) is 25.8 Å². The molecule has 2 atom stereocenters. The molecule has 5 heteroatoms. The van der Waals surface area contributed by atoms with Gasteiger partial charge in [-0.3, -0.25) is 9.78 Å². The quantitative estimate of drug-likeness (QED) is 0.824. The van der Waals surface area contributed by atoms with Crippen LogP contribution in [0.3, 0.4) is 0 Å². The van der Waals surface area contributed by atoms with Gasteiger partial charge in [0.15, 0.2) is 0 Å². The number of amides is 1. The van der Waals surface area contributed by atoms with Crippen LogP contribution in [0.4, 0.5) is 5.69 Å². The molecule has 5 nitrogen and oxygen atoms in total. The monoisotopic (exact) mass is 313 g/mol. The van der Waals surface area contributed by atoms with E-state index < -0.39 is 6.04 Å². The molecule has 1 amide bonds. The highest BCUT2D eigenvalue weighted by molar-refractivity contribution is 5.95. The van der Waals surface area contributed by atoms with Crippen LogP contribution >= 0.6 is 0 Å². The zero-order chi connectivity index (χ0) is 16.7. The van der Waals surface area contributed by atoms with E-state index in [1.165, 1.54) is 0 Å². The van der Waals surface area contributed by atoms with Gasteiger partial charge in [-0.25, -0.2) is 0 Å². The molecule has 1 aromatic carbocycles. The number of hydrogen-bond acceptors (Lipinski definition) is 4. The molecule has 122 valence electrons. The highest BCUT2D eigenvalue weighted by Gasteiger charge is 2.19. The number of hydrogen-bond donors (Lipinski definition) is 2. The first kappa shape index (κ1) is 17.0. The van der Waals surface area contributed by atoms with E-state index in [4.69, 9.17) is 10.5 Å². The Bertz CT molecular complexity index is 631. The molecule has 0 aliphatic carbocycles. The van der Waals surface area contributed by atoms with Crippen LogP contribution in [0.2, 0.25) is 0 Å². The molecular weight excluding hydrogens is 290 g/mol. The molecule has 0 bridgehead atoms. The summed E-state index contributed by atoms with van der Waals surface area (Å²) in [5.41, 5.74) is 7.61. The van der Waals surface area contributed by atoms with Gasteiger partial charge >= 0.3 is 0 Å². The first-order valence-corrected chi connectivity index (χ1v) is 7.78. The molecule has 1 aromatic heterocycles. The fraction of sp³-hybridized carbons (Fsp3) is 0.333. The molecule has 0 saturated carbocycles. The third-order valence-corrected chi connectivity index (χ3v) is 3.79. The Kier molecular flexibility index (Phi) is 6.11. The first-order chi connectivity index (χ1) is 11.1. The lowest BCUT2D eigenvalue weighted by molar-refractivity contribution is -0.118. The lowest BCUT2D eigenvalue weighted by atomic mass is 9.99. The van der Waals surface area contributed by atoms with Gasteiger partial charge in [-0.15, -0.1) is 0 Å². The van der Waals surface area contributed by atoms with Crippen molar-refractivity contribution in [3.63, 3.8) is 0 Å². The van der Waals surface area contributed by atoms with Crippen molar-refractivity contribution in [1.29, 1.82) is 0 Å². The predicted octanol–water partition coefficient (Wildman–Crippen LogP) is 2.97. The smallest absolute Gasteiger partial charge is 0.241 e. The maximum atomic E-state index is 12.1. The van der Waals surface area contributed by atoms with E-state index in [1.807, 2.05) is 44.2 Å². The van der Waals surface area contributed by atoms with Gasteiger partial charge < -0.3 is 15.8 Å². The first-order valence-electron chi connectivity index (χ1n) is 7.78. The number of carbonyl (C=O) groups excluding carboxylic acids is 1. The van der Waals surface area contributed by atoms with Gasteiger partial charge in [-0.2, -0.15) is 0 Å². The Hall–Kier alpha value is -2.40.